The summed E-state index contributed by atoms with van der Waals surface area (Å²) in [6.45, 7) is 1.00. The number of thioether (sulfide) groups is 1. The Labute approximate surface area is 164 Å². The van der Waals surface area contributed by atoms with Crippen LogP contribution in [-0.4, -0.2) is 39.3 Å². The number of hydrazine groups is 1. The first kappa shape index (κ1) is 17.5. The smallest absolute Gasteiger partial charge is 0.285 e. The Balaban J connectivity index is 1.52. The fourth-order valence-electron chi connectivity index (χ4n) is 2.53. The van der Waals surface area contributed by atoms with E-state index in [1.54, 1.807) is 30.3 Å². The van der Waals surface area contributed by atoms with Crippen LogP contribution in [0.15, 0.2) is 47.6 Å². The number of benzene rings is 1. The zero-order valence-corrected chi connectivity index (χ0v) is 15.5. The molecule has 0 spiro atoms. The summed E-state index contributed by atoms with van der Waals surface area (Å²) in [5.41, 5.74) is 3.69. The van der Waals surface area contributed by atoms with E-state index in [1.165, 1.54) is 12.4 Å². The highest BCUT2D eigenvalue weighted by Crippen LogP contribution is 2.35. The third kappa shape index (κ3) is 3.64. The summed E-state index contributed by atoms with van der Waals surface area (Å²) in [4.78, 5) is 29.2. The van der Waals surface area contributed by atoms with Crippen molar-refractivity contribution in [1.82, 2.24) is 15.4 Å². The molecule has 3 heterocycles. The van der Waals surface area contributed by atoms with Crippen LogP contribution in [-0.2, 0) is 4.79 Å². The molecule has 1 aromatic heterocycles. The third-order valence-electron chi connectivity index (χ3n) is 3.81. The van der Waals surface area contributed by atoms with Crippen molar-refractivity contribution in [2.24, 2.45) is 0 Å². The molecule has 0 saturated carbocycles. The molecule has 7 nitrogen and oxygen atoms in total. The lowest BCUT2D eigenvalue weighted by molar-refractivity contribution is -0.123. The molecule has 0 aliphatic carbocycles. The Morgan fingerprint density at radius 3 is 2.70 bits per heavy atom. The van der Waals surface area contributed by atoms with Crippen molar-refractivity contribution in [1.29, 1.82) is 0 Å². The Morgan fingerprint density at radius 2 is 1.93 bits per heavy atom. The van der Waals surface area contributed by atoms with Crippen LogP contribution < -0.4 is 14.9 Å². The fraction of sp³-hybridized carbons (Fsp3) is 0.111. The molecule has 2 amide bonds. The lowest BCUT2D eigenvalue weighted by Gasteiger charge is -2.18. The monoisotopic (exact) mass is 399 g/mol. The summed E-state index contributed by atoms with van der Waals surface area (Å²) in [5.74, 6) is 0.489. The molecule has 2 aliphatic rings. The third-order valence-corrected chi connectivity index (χ3v) is 5.12. The van der Waals surface area contributed by atoms with Gasteiger partial charge in [0.05, 0.1) is 4.91 Å². The summed E-state index contributed by atoms with van der Waals surface area (Å²) in [7, 11) is 0. The first-order valence-corrected chi connectivity index (χ1v) is 9.23. The molecule has 2 aliphatic heterocycles. The number of pyridine rings is 1. The van der Waals surface area contributed by atoms with E-state index in [-0.39, 0.29) is 10.2 Å². The van der Waals surface area contributed by atoms with Crippen molar-refractivity contribution in [3.8, 4) is 11.5 Å². The number of thiocarbonyl (C=S) groups is 1. The van der Waals surface area contributed by atoms with Crippen molar-refractivity contribution in [2.45, 2.75) is 0 Å². The maximum absolute atomic E-state index is 12.6. The maximum atomic E-state index is 12.6. The average Bonchev–Trinajstić information content (AvgIpc) is 2.96. The molecule has 0 radical (unpaired) electrons. The second-order valence-corrected chi connectivity index (χ2v) is 7.27. The number of rotatable bonds is 3. The number of hydrogen-bond acceptors (Lipinski definition) is 7. The van der Waals surface area contributed by atoms with Gasteiger partial charge in [-0.3, -0.25) is 20.0 Å². The van der Waals surface area contributed by atoms with Crippen LogP contribution >= 0.6 is 24.0 Å². The van der Waals surface area contributed by atoms with Crippen molar-refractivity contribution >= 4 is 46.2 Å². The minimum absolute atomic E-state index is 0.256. The highest BCUT2D eigenvalue weighted by molar-refractivity contribution is 8.26. The SMILES string of the molecule is O=C(NN1C(=O)/C(=C/c2ccc3c(c2)OCCO3)SC1=S)c1ccncc1. The minimum atomic E-state index is -0.436. The van der Waals surface area contributed by atoms with E-state index in [4.69, 9.17) is 21.7 Å². The number of ether oxygens (including phenoxy) is 2. The fourth-order valence-corrected chi connectivity index (χ4v) is 3.71. The van der Waals surface area contributed by atoms with Crippen molar-refractivity contribution in [3.63, 3.8) is 0 Å². The van der Waals surface area contributed by atoms with E-state index in [9.17, 15) is 9.59 Å². The quantitative estimate of drug-likeness (QED) is 0.627. The van der Waals surface area contributed by atoms with E-state index in [2.05, 4.69) is 10.4 Å². The molecule has 2 aromatic rings. The Morgan fingerprint density at radius 1 is 1.19 bits per heavy atom. The van der Waals surface area contributed by atoms with E-state index >= 15 is 0 Å². The molecule has 136 valence electrons. The van der Waals surface area contributed by atoms with Crippen LogP contribution in [0.4, 0.5) is 0 Å². The molecule has 27 heavy (non-hydrogen) atoms. The van der Waals surface area contributed by atoms with Gasteiger partial charge >= 0.3 is 0 Å². The number of carbonyl (C=O) groups excluding carboxylic acids is 2. The van der Waals surface area contributed by atoms with E-state index in [1.807, 2.05) is 6.07 Å². The van der Waals surface area contributed by atoms with Gasteiger partial charge in [-0.15, -0.1) is 0 Å². The van der Waals surface area contributed by atoms with E-state index in [0.717, 1.165) is 22.3 Å². The molecule has 0 atom stereocenters. The van der Waals surface area contributed by atoms with E-state index < -0.39 is 5.91 Å². The van der Waals surface area contributed by atoms with Crippen molar-refractivity contribution in [2.75, 3.05) is 13.2 Å². The zero-order valence-electron chi connectivity index (χ0n) is 13.9. The highest BCUT2D eigenvalue weighted by Gasteiger charge is 2.33. The van der Waals surface area contributed by atoms with Crippen molar-refractivity contribution in [3.05, 3.63) is 58.8 Å². The van der Waals surface area contributed by atoms with Gasteiger partial charge in [0.1, 0.15) is 13.2 Å². The molecule has 4 rings (SSSR count). The topological polar surface area (TPSA) is 80.8 Å². The summed E-state index contributed by atoms with van der Waals surface area (Å²) in [5, 5.41) is 1.08. The van der Waals surface area contributed by atoms with Crippen LogP contribution in [0, 0.1) is 0 Å². The Bertz CT molecular complexity index is 962. The normalized spacial score (nSPS) is 17.3. The lowest BCUT2D eigenvalue weighted by atomic mass is 10.2. The second-order valence-electron chi connectivity index (χ2n) is 5.60. The van der Waals surface area contributed by atoms with Crippen LogP contribution in [0.25, 0.3) is 6.08 Å². The Hall–Kier alpha value is -2.91. The van der Waals surface area contributed by atoms with Gasteiger partial charge in [-0.25, -0.2) is 0 Å². The Kier molecular flexibility index (Phi) is 4.78. The molecule has 1 fully saturated rings. The molecule has 1 aromatic carbocycles. The average molecular weight is 399 g/mol. The molecule has 1 N–H and O–H groups in total. The molecular formula is C18H13N3O4S2. The van der Waals surface area contributed by atoms with Crippen molar-refractivity contribution < 1.29 is 19.1 Å². The highest BCUT2D eigenvalue weighted by atomic mass is 32.2. The number of aromatic nitrogens is 1. The summed E-state index contributed by atoms with van der Waals surface area (Å²) in [6, 6.07) is 8.54. The molecule has 9 heteroatoms. The number of carbonyl (C=O) groups is 2. The molecule has 0 bridgehead atoms. The number of nitrogens with zero attached hydrogens (tertiary/aromatic N) is 2. The minimum Gasteiger partial charge on any atom is -0.486 e. The lowest BCUT2D eigenvalue weighted by Crippen LogP contribution is -2.44. The van der Waals surface area contributed by atoms with Gasteiger partial charge in [0.2, 0.25) is 0 Å². The van der Waals surface area contributed by atoms with Gasteiger partial charge in [0, 0.05) is 18.0 Å². The van der Waals surface area contributed by atoms with Crippen LogP contribution in [0.5, 0.6) is 11.5 Å². The number of fused-ring (bicyclic) bond motifs is 1. The predicted octanol–water partition coefficient (Wildman–Crippen LogP) is 2.40. The molecule has 1 saturated heterocycles. The largest absolute Gasteiger partial charge is 0.486 e. The summed E-state index contributed by atoms with van der Waals surface area (Å²) < 4.78 is 11.3. The number of hydrogen-bond donors (Lipinski definition) is 1. The first-order chi connectivity index (χ1) is 13.1. The standard InChI is InChI=1S/C18H13N3O4S2/c22-16(12-3-5-19-6-4-12)20-21-17(23)15(27-18(21)26)10-11-1-2-13-14(9-11)25-8-7-24-13/h1-6,9-10H,7-8H2,(H,20,22)/b15-10-. The molecular weight excluding hydrogens is 386 g/mol. The van der Waals surface area contributed by atoms with Gasteiger partial charge in [-0.05, 0) is 48.1 Å². The second kappa shape index (κ2) is 7.37. The molecule has 0 unspecified atom stereocenters. The van der Waals surface area contributed by atoms with Gasteiger partial charge in [-0.2, -0.15) is 5.01 Å². The van der Waals surface area contributed by atoms with Gasteiger partial charge < -0.3 is 9.47 Å². The van der Waals surface area contributed by atoms with Crippen LogP contribution in [0.3, 0.4) is 0 Å². The zero-order chi connectivity index (χ0) is 18.8. The number of nitrogens with one attached hydrogen (secondary N) is 1. The van der Waals surface area contributed by atoms with Gasteiger partial charge in [0.25, 0.3) is 11.8 Å². The predicted molar refractivity (Wildman–Crippen MR) is 104 cm³/mol. The van der Waals surface area contributed by atoms with Crippen LogP contribution in [0.2, 0.25) is 0 Å². The van der Waals surface area contributed by atoms with Crippen LogP contribution in [0.1, 0.15) is 15.9 Å². The van der Waals surface area contributed by atoms with Gasteiger partial charge in [0.15, 0.2) is 15.8 Å². The number of amides is 2. The summed E-state index contributed by atoms with van der Waals surface area (Å²) in [6.07, 6.45) is 4.71. The van der Waals surface area contributed by atoms with E-state index in [0.29, 0.717) is 35.2 Å². The first-order valence-electron chi connectivity index (χ1n) is 8.00. The van der Waals surface area contributed by atoms with Gasteiger partial charge in [-0.1, -0.05) is 17.8 Å². The maximum Gasteiger partial charge on any atom is 0.285 e. The summed E-state index contributed by atoms with van der Waals surface area (Å²) >= 11 is 6.35.